The van der Waals surface area contributed by atoms with Gasteiger partial charge in [-0.2, -0.15) is 0 Å². The number of nitrogens with one attached hydrogen (secondary N) is 1. The van der Waals surface area contributed by atoms with Crippen molar-refractivity contribution in [3.05, 3.63) is 65.2 Å². The molecule has 3 heterocycles. The Kier molecular flexibility index (Phi) is 4.28. The number of nitrogens with zero attached hydrogens (tertiary/aromatic N) is 2. The first-order chi connectivity index (χ1) is 12.3. The fourth-order valence-electron chi connectivity index (χ4n) is 2.07. The first kappa shape index (κ1) is 15.6. The number of anilines is 1. The van der Waals surface area contributed by atoms with Crippen LogP contribution in [-0.4, -0.2) is 15.9 Å². The van der Waals surface area contributed by atoms with Crippen LogP contribution in [0.3, 0.4) is 0 Å². The van der Waals surface area contributed by atoms with Gasteiger partial charge in [0.1, 0.15) is 11.4 Å². The molecule has 1 aromatic carbocycles. The molecule has 4 rings (SSSR count). The van der Waals surface area contributed by atoms with E-state index in [1.54, 1.807) is 42.8 Å². The molecule has 0 aliphatic rings. The summed E-state index contributed by atoms with van der Waals surface area (Å²) >= 11 is 2.75. The molecule has 8 heteroatoms. The molecule has 3 aromatic heterocycles. The van der Waals surface area contributed by atoms with E-state index in [-0.39, 0.29) is 5.91 Å². The van der Waals surface area contributed by atoms with Crippen molar-refractivity contribution in [2.45, 2.75) is 0 Å². The number of thiazole rings is 2. The number of ether oxygens (including phenoxy) is 1. The summed E-state index contributed by atoms with van der Waals surface area (Å²) < 4.78 is 10.9. The minimum atomic E-state index is -0.235. The lowest BCUT2D eigenvalue weighted by atomic mass is 10.2. The van der Waals surface area contributed by atoms with Crippen LogP contribution in [0.15, 0.2) is 64.0 Å². The predicted molar refractivity (Wildman–Crippen MR) is 96.4 cm³/mol. The van der Waals surface area contributed by atoms with Crippen molar-refractivity contribution >= 4 is 33.7 Å². The summed E-state index contributed by atoms with van der Waals surface area (Å²) in [6, 6.07) is 10.5. The number of furan rings is 1. The lowest BCUT2D eigenvalue weighted by Gasteiger charge is -2.04. The predicted octanol–water partition coefficient (Wildman–Crippen LogP) is 4.90. The second-order valence-corrected chi connectivity index (χ2v) is 6.61. The highest BCUT2D eigenvalue weighted by Gasteiger charge is 2.11. The molecule has 0 fully saturated rings. The fraction of sp³-hybridized carbons (Fsp3) is 0. The van der Waals surface area contributed by atoms with Gasteiger partial charge < -0.3 is 9.15 Å². The molecule has 0 aliphatic heterocycles. The van der Waals surface area contributed by atoms with Crippen LogP contribution in [0.4, 0.5) is 5.13 Å². The van der Waals surface area contributed by atoms with Gasteiger partial charge in [0.25, 0.3) is 11.1 Å². The monoisotopic (exact) mass is 369 g/mol. The number of hydrogen-bond donors (Lipinski definition) is 1. The molecule has 0 unspecified atom stereocenters. The van der Waals surface area contributed by atoms with E-state index in [0.717, 1.165) is 0 Å². The Morgan fingerprint density at radius 3 is 2.76 bits per heavy atom. The maximum atomic E-state index is 12.3. The smallest absolute Gasteiger partial charge is 0.278 e. The van der Waals surface area contributed by atoms with Gasteiger partial charge in [0.15, 0.2) is 10.9 Å². The number of amides is 1. The zero-order chi connectivity index (χ0) is 17.1. The van der Waals surface area contributed by atoms with Crippen LogP contribution >= 0.6 is 22.7 Å². The van der Waals surface area contributed by atoms with Crippen molar-refractivity contribution < 1.29 is 13.9 Å². The lowest BCUT2D eigenvalue weighted by Crippen LogP contribution is -2.11. The number of hydrogen-bond acceptors (Lipinski definition) is 7. The van der Waals surface area contributed by atoms with Gasteiger partial charge in [0, 0.05) is 22.5 Å². The van der Waals surface area contributed by atoms with E-state index in [1.807, 2.05) is 16.8 Å². The molecule has 124 valence electrons. The van der Waals surface area contributed by atoms with Gasteiger partial charge in [-0.3, -0.25) is 10.1 Å². The van der Waals surface area contributed by atoms with E-state index in [0.29, 0.717) is 33.1 Å². The number of carbonyl (C=O) groups is 1. The molecule has 4 aromatic rings. The third-order valence-corrected chi connectivity index (χ3v) is 4.64. The third-order valence-electron chi connectivity index (χ3n) is 3.23. The third kappa shape index (κ3) is 3.59. The van der Waals surface area contributed by atoms with Crippen LogP contribution in [0.5, 0.6) is 10.9 Å². The normalized spacial score (nSPS) is 10.6. The van der Waals surface area contributed by atoms with Crippen molar-refractivity contribution in [1.29, 1.82) is 0 Å². The first-order valence-corrected chi connectivity index (χ1v) is 9.02. The highest BCUT2D eigenvalue weighted by molar-refractivity contribution is 7.14. The van der Waals surface area contributed by atoms with E-state index >= 15 is 0 Å². The standard InChI is InChI=1S/C17H11N3O3S2/c21-15(20-16-19-13(10-25-16)14-2-1-8-22-14)11-3-5-12(6-4-11)23-17-18-7-9-24-17/h1-10H,(H,19,20,21). The van der Waals surface area contributed by atoms with Gasteiger partial charge in [-0.15, -0.1) is 11.3 Å². The average molecular weight is 369 g/mol. The average Bonchev–Trinajstić information content (AvgIpc) is 3.38. The van der Waals surface area contributed by atoms with E-state index in [4.69, 9.17) is 9.15 Å². The van der Waals surface area contributed by atoms with Crippen LogP contribution in [0.1, 0.15) is 10.4 Å². The van der Waals surface area contributed by atoms with Crippen molar-refractivity contribution in [3.63, 3.8) is 0 Å². The number of benzene rings is 1. The number of aromatic nitrogens is 2. The Morgan fingerprint density at radius 2 is 2.04 bits per heavy atom. The first-order valence-electron chi connectivity index (χ1n) is 7.26. The Balaban J connectivity index is 1.42. The van der Waals surface area contributed by atoms with Gasteiger partial charge in [0.2, 0.25) is 0 Å². The molecule has 0 bridgehead atoms. The van der Waals surface area contributed by atoms with E-state index < -0.39 is 0 Å². The second kappa shape index (κ2) is 6.88. The summed E-state index contributed by atoms with van der Waals surface area (Å²) in [6.07, 6.45) is 3.26. The summed E-state index contributed by atoms with van der Waals surface area (Å²) in [5.41, 5.74) is 1.21. The minimum absolute atomic E-state index is 0.235. The van der Waals surface area contributed by atoms with Gasteiger partial charge in [-0.05, 0) is 36.4 Å². The summed E-state index contributed by atoms with van der Waals surface area (Å²) in [5.74, 6) is 1.06. The molecule has 0 atom stereocenters. The van der Waals surface area contributed by atoms with Crippen molar-refractivity contribution in [2.24, 2.45) is 0 Å². The maximum absolute atomic E-state index is 12.3. The Bertz CT molecular complexity index is 961. The topological polar surface area (TPSA) is 77.2 Å². The molecule has 25 heavy (non-hydrogen) atoms. The second-order valence-electron chi connectivity index (χ2n) is 4.89. The Hall–Kier alpha value is -2.97. The summed E-state index contributed by atoms with van der Waals surface area (Å²) in [4.78, 5) is 20.7. The molecule has 6 nitrogen and oxygen atoms in total. The summed E-state index contributed by atoms with van der Waals surface area (Å²) in [6.45, 7) is 0. The molecule has 0 aliphatic carbocycles. The molecule has 0 saturated carbocycles. The van der Waals surface area contributed by atoms with Gasteiger partial charge in [-0.1, -0.05) is 11.3 Å². The highest BCUT2D eigenvalue weighted by Crippen LogP contribution is 2.26. The number of carbonyl (C=O) groups excluding carboxylic acids is 1. The quantitative estimate of drug-likeness (QED) is 0.541. The van der Waals surface area contributed by atoms with Crippen LogP contribution in [0, 0.1) is 0 Å². The number of rotatable bonds is 5. The lowest BCUT2D eigenvalue weighted by molar-refractivity contribution is 0.102. The Labute approximate surface area is 150 Å². The molecule has 1 N–H and O–H groups in total. The summed E-state index contributed by atoms with van der Waals surface area (Å²) in [5, 5.41) is 7.52. The molecule has 0 saturated heterocycles. The SMILES string of the molecule is O=C(Nc1nc(-c2ccco2)cs1)c1ccc(Oc2nccs2)cc1. The van der Waals surface area contributed by atoms with E-state index in [1.165, 1.54) is 22.7 Å². The van der Waals surface area contributed by atoms with Crippen LogP contribution < -0.4 is 10.1 Å². The zero-order valence-electron chi connectivity index (χ0n) is 12.7. The zero-order valence-corrected chi connectivity index (χ0v) is 14.3. The maximum Gasteiger partial charge on any atom is 0.278 e. The van der Waals surface area contributed by atoms with Gasteiger partial charge in [-0.25, -0.2) is 9.97 Å². The van der Waals surface area contributed by atoms with Crippen LogP contribution in [0.25, 0.3) is 11.5 Å². The van der Waals surface area contributed by atoms with Crippen molar-refractivity contribution in [3.8, 4) is 22.4 Å². The Morgan fingerprint density at radius 1 is 1.16 bits per heavy atom. The van der Waals surface area contributed by atoms with Crippen molar-refractivity contribution in [1.82, 2.24) is 9.97 Å². The van der Waals surface area contributed by atoms with Gasteiger partial charge >= 0.3 is 0 Å². The largest absolute Gasteiger partial charge is 0.463 e. The van der Waals surface area contributed by atoms with E-state index in [2.05, 4.69) is 15.3 Å². The fourth-order valence-corrected chi connectivity index (χ4v) is 3.27. The molecular formula is C17H11N3O3S2. The van der Waals surface area contributed by atoms with Crippen LogP contribution in [0.2, 0.25) is 0 Å². The van der Waals surface area contributed by atoms with Crippen LogP contribution in [-0.2, 0) is 0 Å². The molecule has 1 amide bonds. The molecule has 0 radical (unpaired) electrons. The van der Waals surface area contributed by atoms with Gasteiger partial charge in [0.05, 0.1) is 6.26 Å². The van der Waals surface area contributed by atoms with E-state index in [9.17, 15) is 4.79 Å². The molecular weight excluding hydrogens is 358 g/mol. The van der Waals surface area contributed by atoms with Crippen molar-refractivity contribution in [2.75, 3.05) is 5.32 Å². The highest BCUT2D eigenvalue weighted by atomic mass is 32.1. The minimum Gasteiger partial charge on any atom is -0.463 e. The molecule has 0 spiro atoms. The summed E-state index contributed by atoms with van der Waals surface area (Å²) in [7, 11) is 0.